The average Bonchev–Trinajstić information content (AvgIpc) is 2.33. The highest BCUT2D eigenvalue weighted by Crippen LogP contribution is 2.25. The molecule has 2 rings (SSSR count). The Balaban J connectivity index is 2.13. The molecule has 2 N–H and O–H groups in total. The van der Waals surface area contributed by atoms with Gasteiger partial charge in [-0.2, -0.15) is 0 Å². The van der Waals surface area contributed by atoms with Crippen LogP contribution in [0.1, 0.15) is 11.1 Å². The van der Waals surface area contributed by atoms with Crippen molar-refractivity contribution in [3.05, 3.63) is 59.4 Å². The second-order valence-corrected chi connectivity index (χ2v) is 3.87. The van der Waals surface area contributed by atoms with E-state index < -0.39 is 0 Å². The highest BCUT2D eigenvalue weighted by molar-refractivity contribution is 5.57. The molecular formula is C14H14FNO. The summed E-state index contributed by atoms with van der Waals surface area (Å²) in [6.07, 6.45) is 0. The van der Waals surface area contributed by atoms with Crippen LogP contribution in [0.3, 0.4) is 0 Å². The molecule has 0 fully saturated rings. The van der Waals surface area contributed by atoms with Crippen LogP contribution in [0, 0.1) is 12.7 Å². The van der Waals surface area contributed by atoms with Crippen molar-refractivity contribution in [2.45, 2.75) is 13.5 Å². The molecule has 0 saturated carbocycles. The van der Waals surface area contributed by atoms with E-state index >= 15 is 0 Å². The number of aryl methyl sites for hydroxylation is 1. The number of hydrogen-bond donors (Lipinski definition) is 1. The standard InChI is InChI=1S/C14H14FNO/c1-10-5-4-8-13(14(10)16)17-9-11-6-2-3-7-12(11)15/h2-8H,9,16H2,1H3. The van der Waals surface area contributed by atoms with Crippen molar-refractivity contribution in [2.24, 2.45) is 0 Å². The summed E-state index contributed by atoms with van der Waals surface area (Å²) in [5.41, 5.74) is 7.94. The highest BCUT2D eigenvalue weighted by Gasteiger charge is 2.05. The van der Waals surface area contributed by atoms with E-state index in [-0.39, 0.29) is 12.4 Å². The van der Waals surface area contributed by atoms with Gasteiger partial charge in [0.2, 0.25) is 0 Å². The number of anilines is 1. The van der Waals surface area contributed by atoms with E-state index in [4.69, 9.17) is 10.5 Å². The van der Waals surface area contributed by atoms with Gasteiger partial charge in [-0.05, 0) is 24.6 Å². The molecule has 0 aliphatic heterocycles. The topological polar surface area (TPSA) is 35.2 Å². The predicted molar refractivity (Wildman–Crippen MR) is 66.3 cm³/mol. The minimum atomic E-state index is -0.265. The van der Waals surface area contributed by atoms with Gasteiger partial charge in [0.1, 0.15) is 18.2 Å². The zero-order chi connectivity index (χ0) is 12.3. The summed E-state index contributed by atoms with van der Waals surface area (Å²) in [6, 6.07) is 12.1. The number of nitrogens with two attached hydrogens (primary N) is 1. The highest BCUT2D eigenvalue weighted by atomic mass is 19.1. The summed E-state index contributed by atoms with van der Waals surface area (Å²) in [5.74, 6) is 0.326. The fraction of sp³-hybridized carbons (Fsp3) is 0.143. The first-order valence-electron chi connectivity index (χ1n) is 5.40. The first kappa shape index (κ1) is 11.5. The summed E-state index contributed by atoms with van der Waals surface area (Å²) in [6.45, 7) is 2.09. The number of para-hydroxylation sites is 1. The Labute approximate surface area is 99.8 Å². The number of benzene rings is 2. The molecule has 2 aromatic rings. The molecule has 2 aromatic carbocycles. The molecule has 0 aliphatic rings. The molecule has 0 heterocycles. The summed E-state index contributed by atoms with van der Waals surface area (Å²) < 4.78 is 18.9. The third kappa shape index (κ3) is 2.56. The van der Waals surface area contributed by atoms with Gasteiger partial charge < -0.3 is 10.5 Å². The van der Waals surface area contributed by atoms with Gasteiger partial charge in [0.05, 0.1) is 5.69 Å². The Hall–Kier alpha value is -2.03. The van der Waals surface area contributed by atoms with Crippen molar-refractivity contribution in [1.29, 1.82) is 0 Å². The van der Waals surface area contributed by atoms with Crippen LogP contribution in [0.2, 0.25) is 0 Å². The van der Waals surface area contributed by atoms with Gasteiger partial charge in [-0.15, -0.1) is 0 Å². The third-order valence-electron chi connectivity index (χ3n) is 2.63. The Morgan fingerprint density at radius 3 is 2.65 bits per heavy atom. The lowest BCUT2D eigenvalue weighted by Crippen LogP contribution is -2.01. The maximum Gasteiger partial charge on any atom is 0.142 e. The predicted octanol–water partition coefficient (Wildman–Crippen LogP) is 3.30. The van der Waals surface area contributed by atoms with Crippen molar-refractivity contribution in [1.82, 2.24) is 0 Å². The lowest BCUT2D eigenvalue weighted by atomic mass is 10.2. The fourth-order valence-corrected chi connectivity index (χ4v) is 1.55. The largest absolute Gasteiger partial charge is 0.487 e. The quantitative estimate of drug-likeness (QED) is 0.822. The van der Waals surface area contributed by atoms with E-state index in [1.165, 1.54) is 6.07 Å². The van der Waals surface area contributed by atoms with Crippen molar-refractivity contribution in [3.63, 3.8) is 0 Å². The van der Waals surface area contributed by atoms with Crippen LogP contribution >= 0.6 is 0 Å². The maximum absolute atomic E-state index is 13.4. The number of rotatable bonds is 3. The Bertz CT molecular complexity index is 525. The Kier molecular flexibility index (Phi) is 3.28. The molecule has 0 unspecified atom stereocenters. The van der Waals surface area contributed by atoms with E-state index in [0.717, 1.165) is 5.56 Å². The summed E-state index contributed by atoms with van der Waals surface area (Å²) in [5, 5.41) is 0. The van der Waals surface area contributed by atoms with Gasteiger partial charge in [-0.1, -0.05) is 30.3 Å². The van der Waals surface area contributed by atoms with Crippen LogP contribution in [-0.2, 0) is 6.61 Å². The summed E-state index contributed by atoms with van der Waals surface area (Å²) in [7, 11) is 0. The molecule has 0 spiro atoms. The number of ether oxygens (including phenoxy) is 1. The van der Waals surface area contributed by atoms with E-state index in [1.807, 2.05) is 19.1 Å². The van der Waals surface area contributed by atoms with E-state index in [0.29, 0.717) is 17.0 Å². The Morgan fingerprint density at radius 2 is 1.88 bits per heavy atom. The van der Waals surface area contributed by atoms with Crippen molar-refractivity contribution >= 4 is 5.69 Å². The van der Waals surface area contributed by atoms with Gasteiger partial charge in [-0.25, -0.2) is 4.39 Å². The zero-order valence-corrected chi connectivity index (χ0v) is 9.61. The molecule has 0 aromatic heterocycles. The second kappa shape index (κ2) is 4.87. The molecular weight excluding hydrogens is 217 g/mol. The number of nitrogen functional groups attached to an aromatic ring is 1. The van der Waals surface area contributed by atoms with Crippen LogP contribution < -0.4 is 10.5 Å². The lowest BCUT2D eigenvalue weighted by Gasteiger charge is -2.10. The summed E-state index contributed by atoms with van der Waals surface area (Å²) in [4.78, 5) is 0. The maximum atomic E-state index is 13.4. The van der Waals surface area contributed by atoms with Crippen LogP contribution in [0.5, 0.6) is 5.75 Å². The van der Waals surface area contributed by atoms with Crippen LogP contribution in [0.25, 0.3) is 0 Å². The molecule has 0 saturated heterocycles. The first-order valence-corrected chi connectivity index (χ1v) is 5.40. The van der Waals surface area contributed by atoms with Crippen LogP contribution in [-0.4, -0.2) is 0 Å². The van der Waals surface area contributed by atoms with E-state index in [2.05, 4.69) is 0 Å². The fourth-order valence-electron chi connectivity index (χ4n) is 1.55. The van der Waals surface area contributed by atoms with Gasteiger partial charge in [0.15, 0.2) is 0 Å². The second-order valence-electron chi connectivity index (χ2n) is 3.87. The van der Waals surface area contributed by atoms with Gasteiger partial charge in [-0.3, -0.25) is 0 Å². The van der Waals surface area contributed by atoms with Gasteiger partial charge in [0.25, 0.3) is 0 Å². The minimum Gasteiger partial charge on any atom is -0.487 e. The molecule has 2 nitrogen and oxygen atoms in total. The SMILES string of the molecule is Cc1cccc(OCc2ccccc2F)c1N. The van der Waals surface area contributed by atoms with Crippen molar-refractivity contribution in [3.8, 4) is 5.75 Å². The molecule has 0 bridgehead atoms. The first-order chi connectivity index (χ1) is 8.18. The van der Waals surface area contributed by atoms with Crippen molar-refractivity contribution < 1.29 is 9.13 Å². The van der Waals surface area contributed by atoms with Gasteiger partial charge >= 0.3 is 0 Å². The smallest absolute Gasteiger partial charge is 0.142 e. The average molecular weight is 231 g/mol. The monoisotopic (exact) mass is 231 g/mol. The van der Waals surface area contributed by atoms with Gasteiger partial charge in [0, 0.05) is 5.56 Å². The number of hydrogen-bond acceptors (Lipinski definition) is 2. The van der Waals surface area contributed by atoms with Crippen molar-refractivity contribution in [2.75, 3.05) is 5.73 Å². The molecule has 0 atom stereocenters. The molecule has 0 amide bonds. The summed E-state index contributed by atoms with van der Waals surface area (Å²) >= 11 is 0. The van der Waals surface area contributed by atoms with E-state index in [9.17, 15) is 4.39 Å². The molecule has 0 aliphatic carbocycles. The zero-order valence-electron chi connectivity index (χ0n) is 9.61. The minimum absolute atomic E-state index is 0.181. The normalized spacial score (nSPS) is 10.2. The lowest BCUT2D eigenvalue weighted by molar-refractivity contribution is 0.301. The molecule has 0 radical (unpaired) electrons. The third-order valence-corrected chi connectivity index (χ3v) is 2.63. The van der Waals surface area contributed by atoms with Crippen LogP contribution in [0.15, 0.2) is 42.5 Å². The molecule has 88 valence electrons. The Morgan fingerprint density at radius 1 is 1.12 bits per heavy atom. The molecule has 3 heteroatoms. The number of halogens is 1. The molecule has 17 heavy (non-hydrogen) atoms. The van der Waals surface area contributed by atoms with E-state index in [1.54, 1.807) is 24.3 Å². The van der Waals surface area contributed by atoms with Crippen LogP contribution in [0.4, 0.5) is 10.1 Å².